The van der Waals surface area contributed by atoms with Gasteiger partial charge in [0, 0.05) is 24.2 Å². The molecule has 6 nitrogen and oxygen atoms in total. The summed E-state index contributed by atoms with van der Waals surface area (Å²) in [6.45, 7) is 0.748. The van der Waals surface area contributed by atoms with Crippen LogP contribution in [0.5, 0.6) is 11.5 Å². The van der Waals surface area contributed by atoms with Crippen LogP contribution in [0.3, 0.4) is 0 Å². The molecule has 26 heavy (non-hydrogen) atoms. The van der Waals surface area contributed by atoms with Crippen molar-refractivity contribution >= 4 is 11.8 Å². The highest BCUT2D eigenvalue weighted by Gasteiger charge is 2.10. The number of halogens is 1. The van der Waals surface area contributed by atoms with E-state index in [0.717, 1.165) is 0 Å². The summed E-state index contributed by atoms with van der Waals surface area (Å²) in [6, 6.07) is 10.4. The minimum absolute atomic E-state index is 0.248. The van der Waals surface area contributed by atoms with Crippen LogP contribution < -0.4 is 20.1 Å². The standard InChI is InChI=1S/C19H21FN2O4/c1-25-16-8-7-14(12-17(16)26-2)19(24)22-10-4-9-21-18(23)13-5-3-6-15(20)11-13/h3,5-8,11-12H,4,9-10H2,1-2H3,(H,21,23)(H,22,24). The normalized spacial score (nSPS) is 10.1. The Kier molecular flexibility index (Phi) is 6.96. The fraction of sp³-hybridized carbons (Fsp3) is 0.263. The summed E-state index contributed by atoms with van der Waals surface area (Å²) in [4.78, 5) is 24.0. The van der Waals surface area contributed by atoms with Crippen molar-refractivity contribution < 1.29 is 23.5 Å². The Hall–Kier alpha value is -3.09. The van der Waals surface area contributed by atoms with E-state index in [1.165, 1.54) is 38.5 Å². The average molecular weight is 360 g/mol. The molecule has 0 bridgehead atoms. The van der Waals surface area contributed by atoms with Crippen molar-refractivity contribution in [2.45, 2.75) is 6.42 Å². The number of amides is 2. The third kappa shape index (κ3) is 5.20. The average Bonchev–Trinajstić information content (AvgIpc) is 2.66. The molecule has 0 spiro atoms. The number of carbonyl (C=O) groups excluding carboxylic acids is 2. The Morgan fingerprint density at radius 1 is 0.885 bits per heavy atom. The summed E-state index contributed by atoms with van der Waals surface area (Å²) in [5.41, 5.74) is 0.714. The monoisotopic (exact) mass is 360 g/mol. The fourth-order valence-corrected chi connectivity index (χ4v) is 2.30. The number of rotatable bonds is 8. The highest BCUT2D eigenvalue weighted by molar-refractivity contribution is 5.95. The van der Waals surface area contributed by atoms with Gasteiger partial charge in [-0.15, -0.1) is 0 Å². The number of benzene rings is 2. The van der Waals surface area contributed by atoms with Crippen LogP contribution in [0.15, 0.2) is 42.5 Å². The zero-order valence-corrected chi connectivity index (χ0v) is 14.7. The van der Waals surface area contributed by atoms with Crippen LogP contribution >= 0.6 is 0 Å². The Bertz CT molecular complexity index is 780. The molecule has 0 unspecified atom stereocenters. The Morgan fingerprint density at radius 2 is 1.50 bits per heavy atom. The van der Waals surface area contributed by atoms with Crippen LogP contribution in [0.25, 0.3) is 0 Å². The van der Waals surface area contributed by atoms with Crippen molar-refractivity contribution in [2.75, 3.05) is 27.3 Å². The third-order valence-electron chi connectivity index (χ3n) is 3.66. The van der Waals surface area contributed by atoms with Crippen LogP contribution in [-0.2, 0) is 0 Å². The second-order valence-corrected chi connectivity index (χ2v) is 5.45. The summed E-state index contributed by atoms with van der Waals surface area (Å²) in [5.74, 6) is -0.0374. The molecule has 0 heterocycles. The topological polar surface area (TPSA) is 76.7 Å². The molecule has 0 fully saturated rings. The first kappa shape index (κ1) is 19.2. The molecule has 0 saturated carbocycles. The number of hydrogen-bond acceptors (Lipinski definition) is 4. The Balaban J connectivity index is 1.76. The van der Waals surface area contributed by atoms with Gasteiger partial charge in [-0.1, -0.05) is 6.07 Å². The molecule has 2 aromatic rings. The zero-order chi connectivity index (χ0) is 18.9. The molecule has 2 rings (SSSR count). The van der Waals surface area contributed by atoms with Gasteiger partial charge in [0.25, 0.3) is 11.8 Å². The van der Waals surface area contributed by atoms with Crippen molar-refractivity contribution in [1.82, 2.24) is 10.6 Å². The molecule has 0 radical (unpaired) electrons. The van der Waals surface area contributed by atoms with Crippen molar-refractivity contribution in [3.05, 3.63) is 59.4 Å². The second kappa shape index (κ2) is 9.41. The van der Waals surface area contributed by atoms with Gasteiger partial charge in [-0.25, -0.2) is 4.39 Å². The van der Waals surface area contributed by atoms with Gasteiger partial charge in [0.2, 0.25) is 0 Å². The molecule has 0 aromatic heterocycles. The maximum absolute atomic E-state index is 13.1. The molecule has 7 heteroatoms. The lowest BCUT2D eigenvalue weighted by Gasteiger charge is -2.10. The van der Waals surface area contributed by atoms with Crippen LogP contribution in [0.4, 0.5) is 4.39 Å². The third-order valence-corrected chi connectivity index (χ3v) is 3.66. The maximum Gasteiger partial charge on any atom is 0.251 e. The maximum atomic E-state index is 13.1. The van der Waals surface area contributed by atoms with E-state index in [4.69, 9.17) is 9.47 Å². The fourth-order valence-electron chi connectivity index (χ4n) is 2.30. The molecule has 138 valence electrons. The lowest BCUT2D eigenvalue weighted by molar-refractivity contribution is 0.0951. The van der Waals surface area contributed by atoms with E-state index in [-0.39, 0.29) is 17.4 Å². The van der Waals surface area contributed by atoms with E-state index in [1.54, 1.807) is 18.2 Å². The highest BCUT2D eigenvalue weighted by Crippen LogP contribution is 2.27. The second-order valence-electron chi connectivity index (χ2n) is 5.45. The molecular weight excluding hydrogens is 339 g/mol. The van der Waals surface area contributed by atoms with Crippen LogP contribution in [0.2, 0.25) is 0 Å². The first-order valence-corrected chi connectivity index (χ1v) is 8.09. The minimum Gasteiger partial charge on any atom is -0.493 e. The van der Waals surface area contributed by atoms with Gasteiger partial charge >= 0.3 is 0 Å². The number of hydrogen-bond donors (Lipinski definition) is 2. The first-order valence-electron chi connectivity index (χ1n) is 8.09. The van der Waals surface area contributed by atoms with Gasteiger partial charge in [0.15, 0.2) is 11.5 Å². The van der Waals surface area contributed by atoms with E-state index in [1.807, 2.05) is 0 Å². The number of ether oxygens (including phenoxy) is 2. The largest absolute Gasteiger partial charge is 0.493 e. The van der Waals surface area contributed by atoms with E-state index in [2.05, 4.69) is 10.6 Å². The van der Waals surface area contributed by atoms with Crippen molar-refractivity contribution in [1.29, 1.82) is 0 Å². The quantitative estimate of drug-likeness (QED) is 0.709. The number of methoxy groups -OCH3 is 2. The van der Waals surface area contributed by atoms with Gasteiger partial charge in [0.05, 0.1) is 14.2 Å². The summed E-state index contributed by atoms with van der Waals surface area (Å²) in [7, 11) is 3.02. The minimum atomic E-state index is -0.458. The van der Waals surface area contributed by atoms with Crippen molar-refractivity contribution in [3.8, 4) is 11.5 Å². The smallest absolute Gasteiger partial charge is 0.251 e. The SMILES string of the molecule is COc1ccc(C(=O)NCCCNC(=O)c2cccc(F)c2)cc1OC. The Morgan fingerprint density at radius 3 is 2.08 bits per heavy atom. The molecule has 0 atom stereocenters. The molecule has 2 amide bonds. The van der Waals surface area contributed by atoms with Crippen molar-refractivity contribution in [3.63, 3.8) is 0 Å². The highest BCUT2D eigenvalue weighted by atomic mass is 19.1. The number of carbonyl (C=O) groups is 2. The van der Waals surface area contributed by atoms with Crippen molar-refractivity contribution in [2.24, 2.45) is 0 Å². The number of nitrogens with one attached hydrogen (secondary N) is 2. The van der Waals surface area contributed by atoms with Gasteiger partial charge in [-0.2, -0.15) is 0 Å². The van der Waals surface area contributed by atoms with Crippen LogP contribution in [0.1, 0.15) is 27.1 Å². The van der Waals surface area contributed by atoms with Gasteiger partial charge < -0.3 is 20.1 Å². The van der Waals surface area contributed by atoms with Gasteiger partial charge in [-0.3, -0.25) is 9.59 Å². The molecule has 0 aliphatic carbocycles. The van der Waals surface area contributed by atoms with E-state index < -0.39 is 5.82 Å². The summed E-state index contributed by atoms with van der Waals surface area (Å²) in [6.07, 6.45) is 0.542. The van der Waals surface area contributed by atoms with E-state index in [0.29, 0.717) is 36.6 Å². The van der Waals surface area contributed by atoms with Crippen LogP contribution in [0, 0.1) is 5.82 Å². The predicted molar refractivity (Wildman–Crippen MR) is 95.2 cm³/mol. The molecule has 2 aromatic carbocycles. The van der Waals surface area contributed by atoms with E-state index in [9.17, 15) is 14.0 Å². The Labute approximate surface area is 151 Å². The molecular formula is C19H21FN2O4. The van der Waals surface area contributed by atoms with Gasteiger partial charge in [0.1, 0.15) is 5.82 Å². The predicted octanol–water partition coefficient (Wildman–Crippen LogP) is 2.39. The summed E-state index contributed by atoms with van der Waals surface area (Å²) in [5, 5.41) is 5.44. The van der Waals surface area contributed by atoms with Gasteiger partial charge in [-0.05, 0) is 42.8 Å². The zero-order valence-electron chi connectivity index (χ0n) is 14.7. The lowest BCUT2D eigenvalue weighted by atomic mass is 10.2. The summed E-state index contributed by atoms with van der Waals surface area (Å²) < 4.78 is 23.4. The summed E-state index contributed by atoms with van der Waals surface area (Å²) >= 11 is 0. The first-order chi connectivity index (χ1) is 12.5. The molecule has 0 saturated heterocycles. The van der Waals surface area contributed by atoms with Crippen LogP contribution in [-0.4, -0.2) is 39.1 Å². The molecule has 0 aliphatic heterocycles. The van der Waals surface area contributed by atoms with E-state index >= 15 is 0 Å². The lowest BCUT2D eigenvalue weighted by Crippen LogP contribution is -2.30. The molecule has 0 aliphatic rings. The molecule has 2 N–H and O–H groups in total.